The minimum Gasteiger partial charge on any atom is -0.465 e. The van der Waals surface area contributed by atoms with Crippen molar-refractivity contribution in [3.8, 4) is 0 Å². The summed E-state index contributed by atoms with van der Waals surface area (Å²) in [6, 6.07) is 7.27. The highest BCUT2D eigenvalue weighted by Crippen LogP contribution is 2.39. The zero-order valence-electron chi connectivity index (χ0n) is 12.3. The second kappa shape index (κ2) is 6.67. The number of amides is 1. The average molecular weight is 312 g/mol. The van der Waals surface area contributed by atoms with E-state index in [2.05, 4.69) is 0 Å². The van der Waals surface area contributed by atoms with Gasteiger partial charge in [0.15, 0.2) is 0 Å². The Bertz CT molecular complexity index is 508. The summed E-state index contributed by atoms with van der Waals surface area (Å²) in [7, 11) is 0. The number of carbonyl (C=O) groups is 1. The van der Waals surface area contributed by atoms with Crippen molar-refractivity contribution < 1.29 is 15.0 Å². The molecule has 1 aliphatic heterocycles. The Morgan fingerprint density at radius 2 is 2.29 bits per heavy atom. The molecular formula is C16H22ClNO3. The lowest BCUT2D eigenvalue weighted by Gasteiger charge is -2.42. The van der Waals surface area contributed by atoms with Gasteiger partial charge in [-0.1, -0.05) is 37.1 Å². The number of likely N-dealkylation sites (tertiary alicyclic amines) is 1. The molecule has 1 heterocycles. The molecule has 4 nitrogen and oxygen atoms in total. The third-order valence-corrected chi connectivity index (χ3v) is 4.56. The van der Waals surface area contributed by atoms with Crippen LogP contribution in [0.4, 0.5) is 4.79 Å². The normalized spacial score (nSPS) is 21.9. The first-order valence-corrected chi connectivity index (χ1v) is 7.81. The van der Waals surface area contributed by atoms with Crippen LogP contribution in [0.1, 0.15) is 38.2 Å². The van der Waals surface area contributed by atoms with Crippen molar-refractivity contribution in [1.29, 1.82) is 0 Å². The van der Waals surface area contributed by atoms with Gasteiger partial charge in [0.1, 0.15) is 0 Å². The topological polar surface area (TPSA) is 60.8 Å². The van der Waals surface area contributed by atoms with Crippen LogP contribution in [-0.2, 0) is 5.60 Å². The van der Waals surface area contributed by atoms with Gasteiger partial charge in [-0.05, 0) is 37.0 Å². The van der Waals surface area contributed by atoms with Crippen LogP contribution in [0.2, 0.25) is 5.02 Å². The van der Waals surface area contributed by atoms with Gasteiger partial charge in [-0.15, -0.1) is 0 Å². The predicted octanol–water partition coefficient (Wildman–Crippen LogP) is 3.72. The first kappa shape index (κ1) is 16.1. The quantitative estimate of drug-likeness (QED) is 0.891. The van der Waals surface area contributed by atoms with Gasteiger partial charge < -0.3 is 15.1 Å². The number of nitrogens with zero attached hydrogens (tertiary/aromatic N) is 1. The summed E-state index contributed by atoms with van der Waals surface area (Å²) < 4.78 is 0. The molecule has 0 spiro atoms. The van der Waals surface area contributed by atoms with Crippen LogP contribution in [0, 0.1) is 5.92 Å². The SMILES string of the molecule is CCC[C@](O)(c1cccc(Cl)c1)C1CCCN(C(=O)O)C1. The lowest BCUT2D eigenvalue weighted by atomic mass is 9.74. The van der Waals surface area contributed by atoms with Crippen molar-refractivity contribution in [2.75, 3.05) is 13.1 Å². The van der Waals surface area contributed by atoms with Gasteiger partial charge in [-0.3, -0.25) is 0 Å². The molecule has 0 bridgehead atoms. The number of hydrogen-bond donors (Lipinski definition) is 2. The number of carboxylic acid groups (broad SMARTS) is 1. The number of rotatable bonds is 4. The fourth-order valence-corrected chi connectivity index (χ4v) is 3.45. The van der Waals surface area contributed by atoms with Crippen LogP contribution < -0.4 is 0 Å². The van der Waals surface area contributed by atoms with E-state index in [-0.39, 0.29) is 5.92 Å². The summed E-state index contributed by atoms with van der Waals surface area (Å²) in [5.41, 5.74) is -0.234. The molecule has 1 aromatic rings. The van der Waals surface area contributed by atoms with Gasteiger partial charge in [-0.25, -0.2) is 4.79 Å². The number of halogens is 1. The predicted molar refractivity (Wildman–Crippen MR) is 82.6 cm³/mol. The zero-order valence-corrected chi connectivity index (χ0v) is 13.0. The Kier molecular flexibility index (Phi) is 5.12. The largest absolute Gasteiger partial charge is 0.465 e. The smallest absolute Gasteiger partial charge is 0.407 e. The van der Waals surface area contributed by atoms with Gasteiger partial charge in [0, 0.05) is 24.0 Å². The van der Waals surface area contributed by atoms with E-state index >= 15 is 0 Å². The van der Waals surface area contributed by atoms with Crippen molar-refractivity contribution in [2.24, 2.45) is 5.92 Å². The summed E-state index contributed by atoms with van der Waals surface area (Å²) in [4.78, 5) is 12.6. The van der Waals surface area contributed by atoms with Crippen LogP contribution in [0.5, 0.6) is 0 Å². The highest BCUT2D eigenvalue weighted by Gasteiger charge is 2.40. The van der Waals surface area contributed by atoms with Crippen LogP contribution >= 0.6 is 11.6 Å². The molecule has 1 fully saturated rings. The molecule has 21 heavy (non-hydrogen) atoms. The summed E-state index contributed by atoms with van der Waals surface area (Å²) >= 11 is 6.05. The van der Waals surface area contributed by atoms with E-state index in [0.29, 0.717) is 24.5 Å². The maximum absolute atomic E-state index is 11.3. The fourth-order valence-electron chi connectivity index (χ4n) is 3.26. The molecule has 116 valence electrons. The van der Waals surface area contributed by atoms with Gasteiger partial charge in [0.25, 0.3) is 0 Å². The van der Waals surface area contributed by atoms with Gasteiger partial charge in [0.2, 0.25) is 0 Å². The second-order valence-electron chi connectivity index (χ2n) is 5.75. The van der Waals surface area contributed by atoms with Crippen LogP contribution in [-0.4, -0.2) is 34.3 Å². The van der Waals surface area contributed by atoms with Crippen LogP contribution in [0.25, 0.3) is 0 Å². The highest BCUT2D eigenvalue weighted by atomic mass is 35.5. The van der Waals surface area contributed by atoms with Gasteiger partial charge in [0.05, 0.1) is 5.60 Å². The van der Waals surface area contributed by atoms with E-state index in [4.69, 9.17) is 11.6 Å². The van der Waals surface area contributed by atoms with Crippen molar-refractivity contribution in [1.82, 2.24) is 4.90 Å². The fraction of sp³-hybridized carbons (Fsp3) is 0.562. The Morgan fingerprint density at radius 3 is 2.90 bits per heavy atom. The lowest BCUT2D eigenvalue weighted by molar-refractivity contribution is -0.0567. The monoisotopic (exact) mass is 311 g/mol. The molecule has 2 N–H and O–H groups in total. The molecule has 5 heteroatoms. The zero-order chi connectivity index (χ0) is 15.5. The van der Waals surface area contributed by atoms with Crippen LogP contribution in [0.15, 0.2) is 24.3 Å². The highest BCUT2D eigenvalue weighted by molar-refractivity contribution is 6.30. The molecule has 0 radical (unpaired) electrons. The molecule has 1 saturated heterocycles. The summed E-state index contributed by atoms with van der Waals surface area (Å²) in [6.07, 6.45) is 2.12. The van der Waals surface area contributed by atoms with Crippen molar-refractivity contribution in [2.45, 2.75) is 38.2 Å². The molecule has 1 aromatic carbocycles. The molecular weight excluding hydrogens is 290 g/mol. The van der Waals surface area contributed by atoms with Gasteiger partial charge in [-0.2, -0.15) is 0 Å². The molecule has 0 saturated carbocycles. The molecule has 2 rings (SSSR count). The number of piperidine rings is 1. The molecule has 1 amide bonds. The van der Waals surface area contributed by atoms with E-state index in [0.717, 1.165) is 24.8 Å². The Labute approximate surface area is 130 Å². The number of hydrogen-bond acceptors (Lipinski definition) is 2. The minimum atomic E-state index is -1.02. The second-order valence-corrected chi connectivity index (χ2v) is 6.19. The van der Waals surface area contributed by atoms with E-state index in [1.807, 2.05) is 19.1 Å². The van der Waals surface area contributed by atoms with Crippen molar-refractivity contribution in [3.63, 3.8) is 0 Å². The molecule has 0 aromatic heterocycles. The number of benzene rings is 1. The van der Waals surface area contributed by atoms with E-state index in [1.54, 1.807) is 12.1 Å². The molecule has 1 aliphatic rings. The van der Waals surface area contributed by atoms with Gasteiger partial charge >= 0.3 is 6.09 Å². The third-order valence-electron chi connectivity index (χ3n) is 4.32. The Hall–Kier alpha value is -1.26. The first-order chi connectivity index (χ1) is 9.97. The van der Waals surface area contributed by atoms with E-state index < -0.39 is 11.7 Å². The molecule has 2 atom stereocenters. The average Bonchev–Trinajstić information content (AvgIpc) is 2.47. The standard InChI is InChI=1S/C16H22ClNO3/c1-2-8-16(21,12-5-3-7-14(17)10-12)13-6-4-9-18(11-13)15(19)20/h3,5,7,10,13,21H,2,4,6,8-9,11H2,1H3,(H,19,20)/t13?,16-/m0/s1. The van der Waals surface area contributed by atoms with Crippen LogP contribution in [0.3, 0.4) is 0 Å². The lowest BCUT2D eigenvalue weighted by Crippen LogP contribution is -2.47. The molecule has 0 aliphatic carbocycles. The molecule has 1 unspecified atom stereocenters. The summed E-state index contributed by atoms with van der Waals surface area (Å²) in [6.45, 7) is 2.94. The third kappa shape index (κ3) is 3.50. The first-order valence-electron chi connectivity index (χ1n) is 7.43. The minimum absolute atomic E-state index is 0.0965. The van der Waals surface area contributed by atoms with E-state index in [9.17, 15) is 15.0 Å². The Morgan fingerprint density at radius 1 is 1.52 bits per heavy atom. The number of aliphatic hydroxyl groups is 1. The maximum Gasteiger partial charge on any atom is 0.407 e. The summed E-state index contributed by atoms with van der Waals surface area (Å²) in [5.74, 6) is -0.0965. The summed E-state index contributed by atoms with van der Waals surface area (Å²) in [5, 5.41) is 21.0. The van der Waals surface area contributed by atoms with Crippen molar-refractivity contribution >= 4 is 17.7 Å². The van der Waals surface area contributed by atoms with E-state index in [1.165, 1.54) is 4.90 Å². The Balaban J connectivity index is 2.30. The van der Waals surface area contributed by atoms with Crippen molar-refractivity contribution in [3.05, 3.63) is 34.9 Å². The maximum atomic E-state index is 11.3.